The Balaban J connectivity index is 2.08. The predicted octanol–water partition coefficient (Wildman–Crippen LogP) is 4.41. The molecule has 0 saturated carbocycles. The van der Waals surface area contributed by atoms with Gasteiger partial charge in [-0.15, -0.1) is 0 Å². The fourth-order valence-electron chi connectivity index (χ4n) is 3.43. The molecular weight excluding hydrogens is 555 g/mol. The van der Waals surface area contributed by atoms with Crippen LogP contribution in [-0.2, 0) is 20.7 Å². The van der Waals surface area contributed by atoms with Gasteiger partial charge in [-0.05, 0) is 89.6 Å². The van der Waals surface area contributed by atoms with Gasteiger partial charge < -0.3 is 19.1 Å². The summed E-state index contributed by atoms with van der Waals surface area (Å²) in [6.07, 6.45) is 2.58. The molecule has 0 atom stereocenters. The molecule has 0 aliphatic carbocycles. The summed E-state index contributed by atoms with van der Waals surface area (Å²) in [5.41, 5.74) is 2.77. The van der Waals surface area contributed by atoms with Gasteiger partial charge in [0.2, 0.25) is 0 Å². The molecule has 2 aromatic carbocycles. The number of carbonyl (C=O) groups excluding carboxylic acids is 2. The summed E-state index contributed by atoms with van der Waals surface area (Å²) < 4.78 is 16.8. The Kier molecular flexibility index (Phi) is 8.30. The number of methoxy groups -OCH3 is 2. The number of anilines is 1. The second-order valence-electron chi connectivity index (χ2n) is 7.10. The minimum atomic E-state index is -0.501. The lowest BCUT2D eigenvalue weighted by Crippen LogP contribution is -2.35. The number of thiocarbonyl (C=S) groups is 1. The van der Waals surface area contributed by atoms with Crippen molar-refractivity contribution in [2.45, 2.75) is 20.3 Å². The zero-order valence-electron chi connectivity index (χ0n) is 18.9. The summed E-state index contributed by atoms with van der Waals surface area (Å²) in [5, 5.41) is 0.217. The van der Waals surface area contributed by atoms with Crippen LogP contribution < -0.4 is 14.4 Å². The minimum absolute atomic E-state index is 0.179. The van der Waals surface area contributed by atoms with E-state index in [1.54, 1.807) is 19.3 Å². The topological polar surface area (TPSA) is 68.3 Å². The molecule has 7 nitrogen and oxygen atoms in total. The van der Waals surface area contributed by atoms with Crippen LogP contribution in [0.25, 0.3) is 6.08 Å². The summed E-state index contributed by atoms with van der Waals surface area (Å²) in [7, 11) is 2.88. The molecule has 0 spiro atoms. The van der Waals surface area contributed by atoms with Crippen LogP contribution in [0.5, 0.6) is 11.5 Å². The molecule has 1 aliphatic rings. The first-order chi connectivity index (χ1) is 15.8. The van der Waals surface area contributed by atoms with E-state index >= 15 is 0 Å². The van der Waals surface area contributed by atoms with Gasteiger partial charge >= 0.3 is 5.97 Å². The highest BCUT2D eigenvalue weighted by atomic mass is 127. The highest BCUT2D eigenvalue weighted by Gasteiger charge is 2.40. The number of aryl methyl sites for hydroxylation is 1. The molecule has 1 heterocycles. The van der Waals surface area contributed by atoms with Gasteiger partial charge in [-0.2, -0.15) is 0 Å². The Morgan fingerprint density at radius 1 is 1.15 bits per heavy atom. The van der Waals surface area contributed by atoms with Crippen molar-refractivity contribution >= 4 is 63.6 Å². The molecule has 1 fully saturated rings. The Morgan fingerprint density at radius 2 is 1.85 bits per heavy atom. The number of halogens is 1. The molecule has 0 bridgehead atoms. The molecule has 0 radical (unpaired) electrons. The van der Waals surface area contributed by atoms with Gasteiger partial charge in [0.15, 0.2) is 16.6 Å². The number of nitrogens with zero attached hydrogens (tertiary/aromatic N) is 2. The average Bonchev–Trinajstić information content (AvgIpc) is 3.03. The molecular formula is C24H25IN2O5S. The second-order valence-corrected chi connectivity index (χ2v) is 8.63. The summed E-state index contributed by atoms with van der Waals surface area (Å²) in [6, 6.07) is 11.3. The van der Waals surface area contributed by atoms with E-state index in [4.69, 9.17) is 26.4 Å². The molecule has 0 aromatic heterocycles. The van der Waals surface area contributed by atoms with Crippen molar-refractivity contribution < 1.29 is 23.8 Å². The molecule has 174 valence electrons. The van der Waals surface area contributed by atoms with Gasteiger partial charge in [0.05, 0.1) is 30.1 Å². The largest absolute Gasteiger partial charge is 0.492 e. The van der Waals surface area contributed by atoms with Crippen LogP contribution in [-0.4, -0.2) is 49.3 Å². The third-order valence-electron chi connectivity index (χ3n) is 5.09. The number of rotatable bonds is 8. The van der Waals surface area contributed by atoms with E-state index in [2.05, 4.69) is 29.5 Å². The van der Waals surface area contributed by atoms with Gasteiger partial charge in [0.1, 0.15) is 12.2 Å². The lowest BCUT2D eigenvalue weighted by atomic mass is 10.1. The van der Waals surface area contributed by atoms with E-state index in [1.807, 2.05) is 37.3 Å². The second kappa shape index (κ2) is 11.0. The van der Waals surface area contributed by atoms with E-state index in [0.29, 0.717) is 29.4 Å². The Labute approximate surface area is 212 Å². The summed E-state index contributed by atoms with van der Waals surface area (Å²) >= 11 is 7.77. The van der Waals surface area contributed by atoms with E-state index < -0.39 is 5.97 Å². The quantitative estimate of drug-likeness (QED) is 0.198. The Hall–Kier alpha value is -2.66. The lowest BCUT2D eigenvalue weighted by Gasteiger charge is -2.19. The van der Waals surface area contributed by atoms with Gasteiger partial charge in [-0.25, -0.2) is 0 Å². The molecule has 1 aliphatic heterocycles. The smallest absolute Gasteiger partial charge is 0.325 e. The highest BCUT2D eigenvalue weighted by Crippen LogP contribution is 2.36. The molecule has 3 rings (SSSR count). The van der Waals surface area contributed by atoms with Crippen LogP contribution in [0, 0.1) is 3.57 Å². The maximum atomic E-state index is 13.5. The number of benzene rings is 2. The molecule has 1 saturated heterocycles. The Bertz CT molecular complexity index is 1100. The van der Waals surface area contributed by atoms with E-state index in [1.165, 1.54) is 16.9 Å². The average molecular weight is 580 g/mol. The number of amides is 1. The van der Waals surface area contributed by atoms with Crippen LogP contribution >= 0.6 is 34.8 Å². The minimum Gasteiger partial charge on any atom is -0.492 e. The van der Waals surface area contributed by atoms with E-state index in [0.717, 1.165) is 15.6 Å². The summed E-state index contributed by atoms with van der Waals surface area (Å²) in [6.45, 7) is 4.23. The van der Waals surface area contributed by atoms with Gasteiger partial charge in [0.25, 0.3) is 5.91 Å². The normalized spacial score (nSPS) is 14.8. The fourth-order valence-corrected chi connectivity index (χ4v) is 4.62. The van der Waals surface area contributed by atoms with E-state index in [9.17, 15) is 9.59 Å². The van der Waals surface area contributed by atoms with Gasteiger partial charge in [-0.1, -0.05) is 19.1 Å². The number of hydrogen-bond acceptors (Lipinski definition) is 6. The number of carbonyl (C=O) groups is 2. The lowest BCUT2D eigenvalue weighted by molar-refractivity contribution is -0.140. The summed E-state index contributed by atoms with van der Waals surface area (Å²) in [4.78, 5) is 28.5. The van der Waals surface area contributed by atoms with Crippen molar-refractivity contribution in [2.75, 3.05) is 32.3 Å². The first-order valence-electron chi connectivity index (χ1n) is 10.4. The molecule has 2 aromatic rings. The van der Waals surface area contributed by atoms with Crippen LogP contribution in [0.1, 0.15) is 25.0 Å². The van der Waals surface area contributed by atoms with Crippen molar-refractivity contribution in [3.05, 3.63) is 56.8 Å². The molecule has 0 N–H and O–H groups in total. The van der Waals surface area contributed by atoms with Crippen molar-refractivity contribution in [1.82, 2.24) is 4.90 Å². The fraction of sp³-hybridized carbons (Fsp3) is 0.292. The van der Waals surface area contributed by atoms with Crippen molar-refractivity contribution in [1.29, 1.82) is 0 Å². The number of esters is 1. The zero-order chi connectivity index (χ0) is 24.1. The van der Waals surface area contributed by atoms with E-state index in [-0.39, 0.29) is 23.3 Å². The standard InChI is InChI=1S/C24H25IN2O5S/c1-5-15-7-9-17(10-8-15)27-23(29)19(26(24(27)33)14-21(28)30-3)12-16-11-18(25)22(31-4)20(13-16)32-6-2/h7-13H,5-6,14H2,1-4H3/b19-12-. The molecule has 9 heteroatoms. The number of ether oxygens (including phenoxy) is 3. The van der Waals surface area contributed by atoms with Crippen LogP contribution in [0.2, 0.25) is 0 Å². The monoisotopic (exact) mass is 580 g/mol. The maximum Gasteiger partial charge on any atom is 0.325 e. The third kappa shape index (κ3) is 5.30. The predicted molar refractivity (Wildman–Crippen MR) is 139 cm³/mol. The van der Waals surface area contributed by atoms with Crippen LogP contribution in [0.3, 0.4) is 0 Å². The summed E-state index contributed by atoms with van der Waals surface area (Å²) in [5.74, 6) is 0.366. The SMILES string of the molecule is CCOc1cc(/C=C2/C(=O)N(c3ccc(CC)cc3)C(=S)N2CC(=O)OC)cc(I)c1OC. The number of hydrogen-bond donors (Lipinski definition) is 0. The van der Waals surface area contributed by atoms with Crippen molar-refractivity contribution in [3.8, 4) is 11.5 Å². The first kappa shape index (κ1) is 25.0. The molecule has 1 amide bonds. The highest BCUT2D eigenvalue weighted by molar-refractivity contribution is 14.1. The molecule has 33 heavy (non-hydrogen) atoms. The van der Waals surface area contributed by atoms with Gasteiger partial charge in [-0.3, -0.25) is 14.5 Å². The molecule has 0 unspecified atom stereocenters. The Morgan fingerprint density at radius 3 is 2.42 bits per heavy atom. The maximum absolute atomic E-state index is 13.5. The zero-order valence-corrected chi connectivity index (χ0v) is 21.9. The van der Waals surface area contributed by atoms with Crippen LogP contribution in [0.15, 0.2) is 42.1 Å². The van der Waals surface area contributed by atoms with Gasteiger partial charge in [0, 0.05) is 0 Å². The van der Waals surface area contributed by atoms with Crippen LogP contribution in [0.4, 0.5) is 5.69 Å². The van der Waals surface area contributed by atoms with Crippen molar-refractivity contribution in [3.63, 3.8) is 0 Å². The van der Waals surface area contributed by atoms with Crippen molar-refractivity contribution in [2.24, 2.45) is 0 Å². The first-order valence-corrected chi connectivity index (χ1v) is 11.9. The third-order valence-corrected chi connectivity index (χ3v) is 6.30.